The van der Waals surface area contributed by atoms with E-state index in [0.29, 0.717) is 32.2 Å². The van der Waals surface area contributed by atoms with Gasteiger partial charge >= 0.3 is 5.97 Å². The highest BCUT2D eigenvalue weighted by atomic mass is 16.5. The predicted octanol–water partition coefficient (Wildman–Crippen LogP) is 2.16. The first kappa shape index (κ1) is 20.5. The van der Waals surface area contributed by atoms with Gasteiger partial charge < -0.3 is 19.4 Å². The largest absolute Gasteiger partial charge is 0.481 e. The molecule has 2 atom stereocenters. The molecule has 0 bridgehead atoms. The number of carbonyl (C=O) groups excluding carboxylic acids is 2. The van der Waals surface area contributed by atoms with Crippen LogP contribution in [0.3, 0.4) is 0 Å². The lowest BCUT2D eigenvalue weighted by Crippen LogP contribution is -2.26. The van der Waals surface area contributed by atoms with Crippen LogP contribution >= 0.6 is 0 Å². The molecule has 0 aliphatic rings. The summed E-state index contributed by atoms with van der Waals surface area (Å²) >= 11 is 0. The normalized spacial score (nSPS) is 13.3. The molecule has 0 saturated carbocycles. The molecule has 6 heteroatoms. The summed E-state index contributed by atoms with van der Waals surface area (Å²) in [4.78, 5) is 32.8. The summed E-state index contributed by atoms with van der Waals surface area (Å²) in [6.45, 7) is 6.14. The molecule has 0 fully saturated rings. The minimum absolute atomic E-state index is 0.00803. The Balaban J connectivity index is 4.25. The second kappa shape index (κ2) is 13.2. The Hall–Kier alpha value is -1.53. The van der Waals surface area contributed by atoms with Crippen LogP contribution in [0, 0.1) is 0 Å². The summed E-state index contributed by atoms with van der Waals surface area (Å²) in [7, 11) is 0. The molecule has 0 aromatic rings. The minimum atomic E-state index is -0.890. The van der Waals surface area contributed by atoms with Gasteiger partial charge in [-0.05, 0) is 26.2 Å². The number of Topliss-reactive ketones (excluding diaryl/α,β-unsaturated/α-hetero) is 1. The highest BCUT2D eigenvalue weighted by molar-refractivity contribution is 5.84. The molecule has 0 aromatic heterocycles. The van der Waals surface area contributed by atoms with Gasteiger partial charge in [0.1, 0.15) is 12.4 Å². The number of carbonyl (C=O) groups is 3. The van der Waals surface area contributed by atoms with Crippen molar-refractivity contribution in [1.29, 1.82) is 0 Å². The van der Waals surface area contributed by atoms with Crippen molar-refractivity contribution in [2.45, 2.75) is 57.7 Å². The Morgan fingerprint density at radius 2 is 1.95 bits per heavy atom. The molecule has 1 N–H and O–H groups in total. The van der Waals surface area contributed by atoms with Crippen LogP contribution in [0.25, 0.3) is 0 Å². The van der Waals surface area contributed by atoms with Gasteiger partial charge in [0.05, 0.1) is 12.7 Å². The first-order chi connectivity index (χ1) is 10.5. The van der Waals surface area contributed by atoms with E-state index in [1.54, 1.807) is 6.08 Å². The summed E-state index contributed by atoms with van der Waals surface area (Å²) in [5.41, 5.74) is 0. The van der Waals surface area contributed by atoms with Crippen LogP contribution in [-0.4, -0.2) is 48.6 Å². The number of carboxylic acids is 1. The Labute approximate surface area is 131 Å². The maximum atomic E-state index is 12.0. The summed E-state index contributed by atoms with van der Waals surface area (Å²) in [5.74, 6) is -1.02. The number of carboxylic acid groups (broad SMARTS) is 1. The van der Waals surface area contributed by atoms with Crippen LogP contribution in [0.15, 0.2) is 12.7 Å². The summed E-state index contributed by atoms with van der Waals surface area (Å²) in [5, 5.41) is 8.58. The SMILES string of the molecule is C=CCOC(C)CCC(OCCCC(=O)O)C(=O)CCC=O. The molecule has 0 heterocycles. The fraction of sp³-hybridized carbons (Fsp3) is 0.688. The zero-order valence-electron chi connectivity index (χ0n) is 13.2. The molecule has 0 amide bonds. The highest BCUT2D eigenvalue weighted by Crippen LogP contribution is 2.12. The van der Waals surface area contributed by atoms with Crippen molar-refractivity contribution >= 4 is 18.0 Å². The van der Waals surface area contributed by atoms with Gasteiger partial charge in [-0.3, -0.25) is 9.59 Å². The molecule has 0 radical (unpaired) electrons. The Morgan fingerprint density at radius 3 is 2.55 bits per heavy atom. The van der Waals surface area contributed by atoms with Crippen molar-refractivity contribution in [3.05, 3.63) is 12.7 Å². The van der Waals surface area contributed by atoms with E-state index in [1.165, 1.54) is 0 Å². The lowest BCUT2D eigenvalue weighted by Gasteiger charge is -2.19. The molecule has 0 aromatic carbocycles. The summed E-state index contributed by atoms with van der Waals surface area (Å²) in [6.07, 6.45) is 3.55. The van der Waals surface area contributed by atoms with Gasteiger partial charge in [-0.1, -0.05) is 6.08 Å². The van der Waals surface area contributed by atoms with Crippen LogP contribution in [0.2, 0.25) is 0 Å². The first-order valence-corrected chi connectivity index (χ1v) is 7.53. The summed E-state index contributed by atoms with van der Waals surface area (Å²) < 4.78 is 10.9. The maximum Gasteiger partial charge on any atom is 0.303 e. The summed E-state index contributed by atoms with van der Waals surface area (Å²) in [6, 6.07) is 0. The van der Waals surface area contributed by atoms with Gasteiger partial charge in [-0.25, -0.2) is 0 Å². The average molecular weight is 314 g/mol. The van der Waals surface area contributed by atoms with Gasteiger partial charge in [0.15, 0.2) is 5.78 Å². The van der Waals surface area contributed by atoms with Crippen molar-refractivity contribution in [2.75, 3.05) is 13.2 Å². The van der Waals surface area contributed by atoms with Crippen molar-refractivity contribution in [3.8, 4) is 0 Å². The third-order valence-corrected chi connectivity index (χ3v) is 3.06. The molecule has 0 aliphatic carbocycles. The maximum absolute atomic E-state index is 12.0. The third-order valence-electron chi connectivity index (χ3n) is 3.06. The topological polar surface area (TPSA) is 89.9 Å². The number of hydrogen-bond donors (Lipinski definition) is 1. The second-order valence-corrected chi connectivity index (χ2v) is 5.04. The lowest BCUT2D eigenvalue weighted by atomic mass is 10.0. The predicted molar refractivity (Wildman–Crippen MR) is 81.8 cm³/mol. The van der Waals surface area contributed by atoms with Crippen molar-refractivity contribution in [3.63, 3.8) is 0 Å². The van der Waals surface area contributed by atoms with Crippen LogP contribution in [-0.2, 0) is 23.9 Å². The second-order valence-electron chi connectivity index (χ2n) is 5.04. The van der Waals surface area contributed by atoms with E-state index in [-0.39, 0.29) is 37.8 Å². The smallest absolute Gasteiger partial charge is 0.303 e. The van der Waals surface area contributed by atoms with E-state index >= 15 is 0 Å². The van der Waals surface area contributed by atoms with E-state index in [0.717, 1.165) is 0 Å². The zero-order valence-corrected chi connectivity index (χ0v) is 13.2. The molecule has 2 unspecified atom stereocenters. The van der Waals surface area contributed by atoms with E-state index in [4.69, 9.17) is 14.6 Å². The quantitative estimate of drug-likeness (QED) is 0.283. The molecule has 0 aliphatic heterocycles. The van der Waals surface area contributed by atoms with Gasteiger partial charge in [0.25, 0.3) is 0 Å². The Bertz CT molecular complexity index is 353. The number of aliphatic carboxylic acids is 1. The van der Waals surface area contributed by atoms with Gasteiger partial charge in [-0.15, -0.1) is 6.58 Å². The molecule has 22 heavy (non-hydrogen) atoms. The molecule has 0 saturated heterocycles. The average Bonchev–Trinajstić information content (AvgIpc) is 2.49. The fourth-order valence-electron chi connectivity index (χ4n) is 1.85. The fourth-order valence-corrected chi connectivity index (χ4v) is 1.85. The molecular weight excluding hydrogens is 288 g/mol. The number of ether oxygens (including phenoxy) is 2. The molecule has 0 spiro atoms. The number of aldehydes is 1. The monoisotopic (exact) mass is 314 g/mol. The first-order valence-electron chi connectivity index (χ1n) is 7.53. The number of hydrogen-bond acceptors (Lipinski definition) is 5. The van der Waals surface area contributed by atoms with Crippen molar-refractivity contribution in [1.82, 2.24) is 0 Å². The Kier molecular flexibility index (Phi) is 12.2. The zero-order chi connectivity index (χ0) is 16.8. The standard InChI is InChI=1S/C16H26O6/c1-3-11-21-13(2)8-9-15(14(18)6-4-10-17)22-12-5-7-16(19)20/h3,10,13,15H,1,4-9,11-12H2,2H3,(H,19,20). The van der Waals surface area contributed by atoms with Gasteiger partial charge in [-0.2, -0.15) is 0 Å². The molecular formula is C16H26O6. The molecule has 0 rings (SSSR count). The number of ketones is 1. The van der Waals surface area contributed by atoms with Crippen LogP contribution in [0.4, 0.5) is 0 Å². The van der Waals surface area contributed by atoms with E-state index in [9.17, 15) is 14.4 Å². The van der Waals surface area contributed by atoms with E-state index < -0.39 is 12.1 Å². The highest BCUT2D eigenvalue weighted by Gasteiger charge is 2.19. The van der Waals surface area contributed by atoms with Crippen molar-refractivity contribution in [2.24, 2.45) is 0 Å². The van der Waals surface area contributed by atoms with Crippen LogP contribution in [0.1, 0.15) is 45.4 Å². The number of rotatable bonds is 15. The lowest BCUT2D eigenvalue weighted by molar-refractivity contribution is -0.137. The van der Waals surface area contributed by atoms with E-state index in [1.807, 2.05) is 6.92 Å². The van der Waals surface area contributed by atoms with Gasteiger partial charge in [0.2, 0.25) is 0 Å². The molecule has 126 valence electrons. The van der Waals surface area contributed by atoms with E-state index in [2.05, 4.69) is 6.58 Å². The molecule has 6 nitrogen and oxygen atoms in total. The van der Waals surface area contributed by atoms with Crippen LogP contribution in [0.5, 0.6) is 0 Å². The van der Waals surface area contributed by atoms with Gasteiger partial charge in [0, 0.05) is 25.9 Å². The van der Waals surface area contributed by atoms with Crippen molar-refractivity contribution < 1.29 is 29.0 Å². The Morgan fingerprint density at radius 1 is 1.23 bits per heavy atom. The van der Waals surface area contributed by atoms with Crippen LogP contribution < -0.4 is 0 Å². The third kappa shape index (κ3) is 11.2. The minimum Gasteiger partial charge on any atom is -0.481 e.